The Hall–Kier alpha value is 0.110. The van der Waals surface area contributed by atoms with E-state index >= 15 is 0 Å². The summed E-state index contributed by atoms with van der Waals surface area (Å²) in [6.45, 7) is 3.00. The van der Waals surface area contributed by atoms with Crippen LogP contribution in [0.25, 0.3) is 0 Å². The van der Waals surface area contributed by atoms with Crippen LogP contribution in [0.5, 0.6) is 0 Å². The fourth-order valence-corrected chi connectivity index (χ4v) is 0.451. The zero-order chi connectivity index (χ0) is 6.62. The van der Waals surface area contributed by atoms with Crippen molar-refractivity contribution in [2.75, 3.05) is 13.3 Å². The Morgan fingerprint density at radius 3 is 2.38 bits per heavy atom. The summed E-state index contributed by atoms with van der Waals surface area (Å²) in [7, 11) is -3.40. The fraction of sp³-hybridized carbons (Fsp3) is 1.00. The minimum atomic E-state index is -3.40. The van der Waals surface area contributed by atoms with Crippen LogP contribution in [0.2, 0.25) is 0 Å². The van der Waals surface area contributed by atoms with Crippen LogP contribution in [0.4, 0.5) is 0 Å². The van der Waals surface area contributed by atoms with Gasteiger partial charge in [-0.05, 0) is 6.92 Å². The molecule has 1 unspecified atom stereocenters. The first-order valence-corrected chi connectivity index (χ1v) is 4.20. The summed E-state index contributed by atoms with van der Waals surface area (Å²) < 4.78 is 14.2. The third-order valence-corrected chi connectivity index (χ3v) is 0.691. The highest BCUT2D eigenvalue weighted by Gasteiger charge is 2.09. The first kappa shape index (κ1) is 8.11. The summed E-state index contributed by atoms with van der Waals surface area (Å²) in [5.41, 5.74) is 0. The average Bonchev–Trinajstić information content (AvgIpc) is 1.59. The maximum atomic E-state index is 10.2. The summed E-state index contributed by atoms with van der Waals surface area (Å²) in [5.74, 6) is 0. The SMILES string of the molecule is CCOOP(C)(=O)O. The van der Waals surface area contributed by atoms with Gasteiger partial charge in [0.15, 0.2) is 0 Å². The highest BCUT2D eigenvalue weighted by Crippen LogP contribution is 2.36. The molecule has 50 valence electrons. The van der Waals surface area contributed by atoms with E-state index in [1.807, 2.05) is 0 Å². The first-order chi connectivity index (χ1) is 3.56. The fourth-order valence-electron chi connectivity index (χ4n) is 0.150. The molecular weight excluding hydrogens is 131 g/mol. The van der Waals surface area contributed by atoms with Crippen LogP contribution in [-0.2, 0) is 14.1 Å². The summed E-state index contributed by atoms with van der Waals surface area (Å²) in [4.78, 5) is 12.5. The third-order valence-electron chi connectivity index (χ3n) is 0.309. The summed E-state index contributed by atoms with van der Waals surface area (Å²) >= 11 is 0. The van der Waals surface area contributed by atoms with E-state index in [0.29, 0.717) is 0 Å². The molecule has 5 heteroatoms. The molecule has 0 fully saturated rings. The maximum Gasteiger partial charge on any atom is 0.352 e. The molecule has 8 heavy (non-hydrogen) atoms. The van der Waals surface area contributed by atoms with Gasteiger partial charge in [0, 0.05) is 6.66 Å². The molecule has 0 rings (SSSR count). The molecule has 0 aliphatic rings. The topological polar surface area (TPSA) is 55.8 Å². The lowest BCUT2D eigenvalue weighted by Gasteiger charge is -2.01. The Kier molecular flexibility index (Phi) is 3.24. The molecule has 0 aliphatic carbocycles. The van der Waals surface area contributed by atoms with Crippen molar-refractivity contribution in [2.24, 2.45) is 0 Å². The van der Waals surface area contributed by atoms with Gasteiger partial charge >= 0.3 is 7.60 Å². The van der Waals surface area contributed by atoms with E-state index in [1.54, 1.807) is 6.92 Å². The van der Waals surface area contributed by atoms with Crippen LogP contribution in [-0.4, -0.2) is 18.2 Å². The van der Waals surface area contributed by atoms with Crippen molar-refractivity contribution in [3.63, 3.8) is 0 Å². The van der Waals surface area contributed by atoms with E-state index in [9.17, 15) is 4.57 Å². The molecular formula is C3H9O4P. The monoisotopic (exact) mass is 140 g/mol. The van der Waals surface area contributed by atoms with Crippen molar-refractivity contribution < 1.29 is 19.0 Å². The van der Waals surface area contributed by atoms with Crippen molar-refractivity contribution in [1.82, 2.24) is 0 Å². The van der Waals surface area contributed by atoms with Gasteiger partial charge < -0.3 is 4.89 Å². The van der Waals surface area contributed by atoms with Crippen molar-refractivity contribution in [3.05, 3.63) is 0 Å². The maximum absolute atomic E-state index is 10.2. The second-order valence-corrected chi connectivity index (χ2v) is 3.04. The van der Waals surface area contributed by atoms with E-state index in [0.717, 1.165) is 6.66 Å². The average molecular weight is 140 g/mol. The van der Waals surface area contributed by atoms with Gasteiger partial charge in [-0.15, -0.1) is 4.67 Å². The van der Waals surface area contributed by atoms with Crippen LogP contribution in [0.1, 0.15) is 6.92 Å². The van der Waals surface area contributed by atoms with Gasteiger partial charge in [0.1, 0.15) is 0 Å². The smallest absolute Gasteiger partial charge is 0.323 e. The lowest BCUT2D eigenvalue weighted by molar-refractivity contribution is -0.207. The molecule has 0 aromatic carbocycles. The molecule has 0 radical (unpaired) electrons. The van der Waals surface area contributed by atoms with Gasteiger partial charge in [0.25, 0.3) is 0 Å². The normalized spacial score (nSPS) is 17.9. The number of hydrogen-bond acceptors (Lipinski definition) is 3. The Bertz CT molecular complexity index is 95.5. The third kappa shape index (κ3) is 6.11. The van der Waals surface area contributed by atoms with Gasteiger partial charge in [-0.3, -0.25) is 4.57 Å². The predicted molar refractivity (Wildman–Crippen MR) is 28.5 cm³/mol. The highest BCUT2D eigenvalue weighted by molar-refractivity contribution is 7.51. The molecule has 1 atom stereocenters. The number of hydrogen-bond donors (Lipinski definition) is 1. The molecule has 4 nitrogen and oxygen atoms in total. The van der Waals surface area contributed by atoms with Crippen LogP contribution in [0.15, 0.2) is 0 Å². The second kappa shape index (κ2) is 3.20. The highest BCUT2D eigenvalue weighted by atomic mass is 31.2. The van der Waals surface area contributed by atoms with E-state index in [4.69, 9.17) is 4.89 Å². The van der Waals surface area contributed by atoms with Crippen LogP contribution < -0.4 is 0 Å². The lowest BCUT2D eigenvalue weighted by atomic mass is 10.9. The second-order valence-electron chi connectivity index (χ2n) is 1.28. The van der Waals surface area contributed by atoms with Crippen molar-refractivity contribution in [2.45, 2.75) is 6.92 Å². The van der Waals surface area contributed by atoms with Gasteiger partial charge in [-0.2, -0.15) is 0 Å². The minimum absolute atomic E-state index is 0.276. The van der Waals surface area contributed by atoms with E-state index < -0.39 is 7.60 Å². The Balaban J connectivity index is 3.26. The van der Waals surface area contributed by atoms with Gasteiger partial charge in [-0.25, -0.2) is 4.89 Å². The van der Waals surface area contributed by atoms with Crippen LogP contribution in [0, 0.1) is 0 Å². The number of rotatable bonds is 3. The zero-order valence-corrected chi connectivity index (χ0v) is 5.72. The molecule has 0 saturated heterocycles. The standard InChI is InChI=1S/C3H9O4P/c1-3-6-7-8(2,4)5/h3H2,1-2H3,(H,4,5). The van der Waals surface area contributed by atoms with Crippen molar-refractivity contribution in [1.29, 1.82) is 0 Å². The molecule has 1 N–H and O–H groups in total. The van der Waals surface area contributed by atoms with Gasteiger partial charge in [-0.1, -0.05) is 0 Å². The molecule has 0 heterocycles. The zero-order valence-electron chi connectivity index (χ0n) is 4.83. The van der Waals surface area contributed by atoms with E-state index in [1.165, 1.54) is 0 Å². The van der Waals surface area contributed by atoms with Crippen LogP contribution >= 0.6 is 7.60 Å². The Morgan fingerprint density at radius 2 is 2.25 bits per heavy atom. The van der Waals surface area contributed by atoms with Crippen molar-refractivity contribution in [3.8, 4) is 0 Å². The predicted octanol–water partition coefficient (Wildman–Crippen LogP) is 0.770. The van der Waals surface area contributed by atoms with Crippen LogP contribution in [0.3, 0.4) is 0 Å². The molecule has 0 aromatic heterocycles. The van der Waals surface area contributed by atoms with Crippen molar-refractivity contribution >= 4 is 7.60 Å². The summed E-state index contributed by atoms with van der Waals surface area (Å²) in [6.07, 6.45) is 0. The van der Waals surface area contributed by atoms with E-state index in [-0.39, 0.29) is 6.61 Å². The molecule has 0 aliphatic heterocycles. The Labute approximate surface area is 47.9 Å². The summed E-state index contributed by atoms with van der Waals surface area (Å²) in [5, 5.41) is 0. The molecule has 0 saturated carbocycles. The minimum Gasteiger partial charge on any atom is -0.323 e. The first-order valence-electron chi connectivity index (χ1n) is 2.17. The Morgan fingerprint density at radius 1 is 1.75 bits per heavy atom. The van der Waals surface area contributed by atoms with Gasteiger partial charge in [0.2, 0.25) is 0 Å². The summed E-state index contributed by atoms with van der Waals surface area (Å²) in [6, 6.07) is 0. The molecule has 0 aromatic rings. The van der Waals surface area contributed by atoms with Gasteiger partial charge in [0.05, 0.1) is 6.61 Å². The molecule has 0 spiro atoms. The quantitative estimate of drug-likeness (QED) is 0.357. The van der Waals surface area contributed by atoms with E-state index in [2.05, 4.69) is 9.56 Å². The largest absolute Gasteiger partial charge is 0.352 e. The lowest BCUT2D eigenvalue weighted by Crippen LogP contribution is -1.89. The molecule has 0 amide bonds. The molecule has 0 bridgehead atoms.